The topological polar surface area (TPSA) is 209 Å². The molecule has 6 atom stereocenters. The molecule has 4 saturated heterocycles. The van der Waals surface area contributed by atoms with E-state index in [9.17, 15) is 9.59 Å². The molecule has 4 aliphatic rings. The summed E-state index contributed by atoms with van der Waals surface area (Å²) in [7, 11) is 0. The van der Waals surface area contributed by atoms with Crippen LogP contribution in [-0.4, -0.2) is 149 Å². The Morgan fingerprint density at radius 1 is 0.449 bits per heavy atom. The van der Waals surface area contributed by atoms with Crippen LogP contribution in [0.25, 0.3) is 11.4 Å². The number of aromatic nitrogens is 12. The highest BCUT2D eigenvalue weighted by atomic mass is 35.5. The molecule has 98 heavy (non-hydrogen) atoms. The van der Waals surface area contributed by atoms with Crippen molar-refractivity contribution in [2.75, 3.05) is 98.4 Å². The van der Waals surface area contributed by atoms with Gasteiger partial charge in [0.2, 0.25) is 11.6 Å². The van der Waals surface area contributed by atoms with Crippen molar-refractivity contribution >= 4 is 69.2 Å². The molecule has 24 nitrogen and oxygen atoms in total. The molecule has 10 aromatic rings. The molecule has 2 unspecified atom stereocenters. The fraction of sp³-hybridized carbons (Fsp3) is 0.371. The highest BCUT2D eigenvalue weighted by Gasteiger charge is 2.47. The van der Waals surface area contributed by atoms with Gasteiger partial charge in [0.05, 0.1) is 59.8 Å². The maximum absolute atomic E-state index is 12.8. The molecule has 0 spiro atoms. The van der Waals surface area contributed by atoms with Gasteiger partial charge in [-0.25, -0.2) is 28.1 Å². The largest absolute Gasteiger partial charge is 0.491 e. The summed E-state index contributed by atoms with van der Waals surface area (Å²) < 4.78 is 47.6. The van der Waals surface area contributed by atoms with Gasteiger partial charge in [-0.3, -0.25) is 0 Å². The molecule has 0 aliphatic carbocycles. The van der Waals surface area contributed by atoms with E-state index in [0.29, 0.717) is 70.7 Å². The Kier molecular flexibility index (Phi) is 20.9. The zero-order chi connectivity index (χ0) is 67.9. The number of halogens is 4. The van der Waals surface area contributed by atoms with Crippen molar-refractivity contribution in [3.8, 4) is 22.9 Å². The first-order valence-corrected chi connectivity index (χ1v) is 34.3. The van der Waals surface area contributed by atoms with E-state index in [-0.39, 0.29) is 35.7 Å². The summed E-state index contributed by atoms with van der Waals surface area (Å²) >= 11 is 25.5. The lowest BCUT2D eigenvalue weighted by Gasteiger charge is -2.37. The average molecular weight is 1410 g/mol. The lowest BCUT2D eigenvalue weighted by molar-refractivity contribution is -0.189. The Morgan fingerprint density at radius 2 is 0.765 bits per heavy atom. The van der Waals surface area contributed by atoms with Crippen molar-refractivity contribution < 1.29 is 28.4 Å². The molecule has 0 N–H and O–H groups in total. The Morgan fingerprint density at radius 3 is 1.08 bits per heavy atom. The fourth-order valence-corrected chi connectivity index (χ4v) is 13.6. The molecule has 4 aliphatic heterocycles. The van der Waals surface area contributed by atoms with E-state index in [1.807, 2.05) is 88.4 Å². The molecule has 14 rings (SSSR count). The van der Waals surface area contributed by atoms with Crippen molar-refractivity contribution in [1.82, 2.24) is 58.2 Å². The Balaban J connectivity index is 0.000000176. The summed E-state index contributed by atoms with van der Waals surface area (Å²) in [6.45, 7) is 17.1. The van der Waals surface area contributed by atoms with Gasteiger partial charge >= 0.3 is 11.4 Å². The summed E-state index contributed by atoms with van der Waals surface area (Å²) in [4.78, 5) is 35.1. The predicted octanol–water partition coefficient (Wildman–Crippen LogP) is 11.2. The van der Waals surface area contributed by atoms with E-state index < -0.39 is 11.6 Å². The van der Waals surface area contributed by atoms with Gasteiger partial charge in [-0.05, 0) is 148 Å². The van der Waals surface area contributed by atoms with E-state index in [0.717, 1.165) is 111 Å². The average Bonchev–Trinajstić information content (AvgIpc) is 1.60. The van der Waals surface area contributed by atoms with Crippen LogP contribution in [0.4, 0.5) is 22.7 Å². The number of hydrogen-bond donors (Lipinski definition) is 0. The first-order valence-electron chi connectivity index (χ1n) is 32.8. The van der Waals surface area contributed by atoms with Crippen molar-refractivity contribution in [3.05, 3.63) is 224 Å². The van der Waals surface area contributed by atoms with E-state index in [1.54, 1.807) is 80.5 Å². The van der Waals surface area contributed by atoms with Crippen LogP contribution in [0.1, 0.15) is 63.7 Å². The zero-order valence-corrected chi connectivity index (χ0v) is 57.7. The maximum atomic E-state index is 12.8. The summed E-state index contributed by atoms with van der Waals surface area (Å²) in [5.74, 6) is -0.771. The van der Waals surface area contributed by atoms with Crippen LogP contribution in [0.2, 0.25) is 20.1 Å². The number of piperazine rings is 2. The third kappa shape index (κ3) is 15.1. The number of rotatable bonds is 22. The highest BCUT2D eigenvalue weighted by molar-refractivity contribution is 6.35. The summed E-state index contributed by atoms with van der Waals surface area (Å²) in [6.07, 6.45) is 10.7. The predicted molar refractivity (Wildman–Crippen MR) is 376 cm³/mol. The molecule has 4 fully saturated rings. The van der Waals surface area contributed by atoms with Gasteiger partial charge in [0, 0.05) is 96.3 Å². The maximum Gasteiger partial charge on any atom is 0.350 e. The number of anilines is 4. The third-order valence-electron chi connectivity index (χ3n) is 18.3. The zero-order valence-electron chi connectivity index (χ0n) is 54.7. The number of hydrogen-bond acceptors (Lipinski definition) is 18. The van der Waals surface area contributed by atoms with E-state index in [4.69, 9.17) is 74.8 Å². The normalized spacial score (nSPS) is 20.1. The quantitative estimate of drug-likeness (QED) is 0.0618. The van der Waals surface area contributed by atoms with Crippen molar-refractivity contribution in [2.24, 2.45) is 0 Å². The van der Waals surface area contributed by atoms with Crippen LogP contribution < -0.4 is 40.5 Å². The molecule has 0 bridgehead atoms. The molecule has 0 radical (unpaired) electrons. The summed E-state index contributed by atoms with van der Waals surface area (Å²) in [5.41, 5.74) is 7.31. The number of nitrogens with zero attached hydrogens (tertiary/aromatic N) is 16. The highest BCUT2D eigenvalue weighted by Crippen LogP contribution is 2.43. The van der Waals surface area contributed by atoms with Crippen molar-refractivity contribution in [2.45, 2.75) is 89.5 Å². The number of benzene rings is 6. The Hall–Kier alpha value is -8.72. The molecular formula is C70H76Cl4N16O8. The smallest absolute Gasteiger partial charge is 0.350 e. The lowest BCUT2D eigenvalue weighted by Crippen LogP contribution is -2.46. The van der Waals surface area contributed by atoms with Gasteiger partial charge < -0.3 is 57.2 Å². The minimum absolute atomic E-state index is 0.0646. The first kappa shape index (κ1) is 67.8. The Bertz CT molecular complexity index is 4090. The standard InChI is InChI=1S/2C35H38Cl2N8O4/c2*1-3-25(2)45-34(46)44(24-40-45)29-7-5-27(6-8-29)42-14-16-43(17-15-42)28-9-11-30(12-10-28)47-19-31-20-48-35(49-31,21-41-22-38-39-23-41)32-13-4-26(36)18-33(32)37/h2*4-13,18,22-25,31H,3,14-17,19-21H2,1-2H3/t2*25?,31-,35-/m10/s1. The first-order chi connectivity index (χ1) is 47.6. The van der Waals surface area contributed by atoms with Crippen LogP contribution in [0.5, 0.6) is 11.5 Å². The van der Waals surface area contributed by atoms with Crippen LogP contribution >= 0.6 is 46.4 Å². The van der Waals surface area contributed by atoms with E-state index >= 15 is 0 Å². The fourth-order valence-electron chi connectivity index (χ4n) is 12.5. The molecular weight excluding hydrogens is 1330 g/mol. The summed E-state index contributed by atoms with van der Waals surface area (Å²) in [6, 6.07) is 43.2. The molecule has 0 amide bonds. The molecule has 28 heteroatoms. The minimum atomic E-state index is -1.14. The van der Waals surface area contributed by atoms with Crippen LogP contribution in [0.15, 0.2) is 181 Å². The second-order valence-corrected chi connectivity index (χ2v) is 26.4. The van der Waals surface area contributed by atoms with E-state index in [1.165, 1.54) is 9.36 Å². The molecule has 512 valence electrons. The second kappa shape index (κ2) is 30.2. The monoisotopic (exact) mass is 1410 g/mol. The van der Waals surface area contributed by atoms with Gasteiger partial charge in [-0.1, -0.05) is 72.4 Å². The summed E-state index contributed by atoms with van der Waals surface area (Å²) in [5, 5.41) is 26.2. The molecule has 6 aromatic carbocycles. The van der Waals surface area contributed by atoms with Gasteiger partial charge in [-0.15, -0.1) is 20.4 Å². The van der Waals surface area contributed by atoms with Crippen molar-refractivity contribution in [3.63, 3.8) is 0 Å². The SMILES string of the molecule is CCC(C)n1ncn(-c2ccc(N3CCN(c4ccc(OC[C@@H]5CO[C@@](Cn6cnnc6)(c6ccc(Cl)cc6Cl)O5)cc4)CC3)cc2)c1=O.CCC(C)n1ncn(-c2ccc(N3CCN(c4ccc(OC[C@H]5CO[C@](Cn6cnnc6)(c6ccc(Cl)cc6Cl)O5)cc4)CC3)cc2)c1=O. The number of ether oxygens (including phenoxy) is 6. The van der Waals surface area contributed by atoms with Crippen LogP contribution in [0, 0.1) is 0 Å². The van der Waals surface area contributed by atoms with Gasteiger partial charge in [-0.2, -0.15) is 10.2 Å². The lowest BCUT2D eigenvalue weighted by atomic mass is 10.1. The molecule has 4 aromatic heterocycles. The molecule has 8 heterocycles. The van der Waals surface area contributed by atoms with Gasteiger partial charge in [0.1, 0.15) is 74.9 Å². The minimum Gasteiger partial charge on any atom is -0.491 e. The Labute approximate surface area is 586 Å². The third-order valence-corrected chi connectivity index (χ3v) is 19.4. The second-order valence-electron chi connectivity index (χ2n) is 24.7. The van der Waals surface area contributed by atoms with Gasteiger partial charge in [0.25, 0.3) is 0 Å². The van der Waals surface area contributed by atoms with Crippen molar-refractivity contribution in [1.29, 1.82) is 0 Å². The van der Waals surface area contributed by atoms with E-state index in [2.05, 4.69) is 98.7 Å². The van der Waals surface area contributed by atoms with Crippen LogP contribution in [-0.2, 0) is 43.6 Å². The van der Waals surface area contributed by atoms with Gasteiger partial charge in [0.15, 0.2) is 0 Å². The molecule has 0 saturated carbocycles. The van der Waals surface area contributed by atoms with Crippen LogP contribution in [0.3, 0.4) is 0 Å².